The van der Waals surface area contributed by atoms with Crippen LogP contribution in [-0.4, -0.2) is 28.1 Å². The fourth-order valence-electron chi connectivity index (χ4n) is 1.96. The van der Waals surface area contributed by atoms with E-state index in [0.29, 0.717) is 18.4 Å². The van der Waals surface area contributed by atoms with Crippen LogP contribution in [0.4, 0.5) is 11.4 Å². The Hall–Kier alpha value is -2.15. The van der Waals surface area contributed by atoms with Crippen LogP contribution < -0.4 is 11.1 Å². The number of amides is 1. The molecule has 1 rings (SSSR count). The van der Waals surface area contributed by atoms with E-state index < -0.39 is 16.4 Å². The number of nitrogens with zero attached hydrogens (tertiary/aromatic N) is 1. The Morgan fingerprint density at radius 2 is 2.00 bits per heavy atom. The molecular weight excluding hydrogens is 274 g/mol. The third-order valence-electron chi connectivity index (χ3n) is 3.64. The number of rotatable bonds is 6. The summed E-state index contributed by atoms with van der Waals surface area (Å²) >= 11 is 0. The molecule has 0 unspecified atom stereocenters. The van der Waals surface area contributed by atoms with E-state index in [1.54, 1.807) is 6.92 Å². The number of nitrogens with one attached hydrogen (secondary N) is 1. The molecule has 0 radical (unpaired) electrons. The van der Waals surface area contributed by atoms with Gasteiger partial charge in [-0.15, -0.1) is 0 Å². The molecule has 116 valence electrons. The van der Waals surface area contributed by atoms with E-state index in [1.807, 2.05) is 13.8 Å². The number of hydrogen-bond donors (Lipinski definition) is 3. The molecule has 0 fully saturated rings. The zero-order chi connectivity index (χ0) is 16.2. The summed E-state index contributed by atoms with van der Waals surface area (Å²) in [5.41, 5.74) is 4.87. The van der Waals surface area contributed by atoms with Crippen LogP contribution in [0, 0.1) is 17.0 Å². The number of carbonyl (C=O) groups is 1. The minimum Gasteiger partial charge on any atom is -0.393 e. The maximum absolute atomic E-state index is 12.1. The Kier molecular flexibility index (Phi) is 5.26. The van der Waals surface area contributed by atoms with Crippen LogP contribution in [0.15, 0.2) is 12.1 Å². The molecule has 0 spiro atoms. The molecule has 1 amide bonds. The summed E-state index contributed by atoms with van der Waals surface area (Å²) in [6, 6.07) is 2.81. The number of nitro benzene ring substituents is 1. The van der Waals surface area contributed by atoms with Crippen LogP contribution in [0.5, 0.6) is 0 Å². The first kappa shape index (κ1) is 16.9. The minimum absolute atomic E-state index is 0.0521. The van der Waals surface area contributed by atoms with Crippen molar-refractivity contribution in [1.82, 2.24) is 5.32 Å². The molecule has 0 aromatic heterocycles. The Balaban J connectivity index is 3.01. The molecule has 0 aliphatic carbocycles. The Labute approximate surface area is 123 Å². The number of benzene rings is 1. The van der Waals surface area contributed by atoms with Gasteiger partial charge in [-0.05, 0) is 31.4 Å². The predicted molar refractivity (Wildman–Crippen MR) is 80.1 cm³/mol. The summed E-state index contributed by atoms with van der Waals surface area (Å²) in [5.74, 6) is -0.528. The zero-order valence-electron chi connectivity index (χ0n) is 12.5. The van der Waals surface area contributed by atoms with E-state index in [0.717, 1.165) is 0 Å². The van der Waals surface area contributed by atoms with E-state index in [4.69, 9.17) is 5.73 Å². The number of hydrogen-bond acceptors (Lipinski definition) is 5. The van der Waals surface area contributed by atoms with Crippen LogP contribution in [0.2, 0.25) is 0 Å². The average Bonchev–Trinajstić information content (AvgIpc) is 2.46. The molecule has 0 aliphatic heterocycles. The number of aryl methyl sites for hydroxylation is 1. The second-order valence-electron chi connectivity index (χ2n) is 5.12. The lowest BCUT2D eigenvalue weighted by atomic mass is 9.97. The average molecular weight is 295 g/mol. The van der Waals surface area contributed by atoms with Gasteiger partial charge in [0.05, 0.1) is 16.1 Å². The summed E-state index contributed by atoms with van der Waals surface area (Å²) in [5, 5.41) is 23.6. The largest absolute Gasteiger partial charge is 0.393 e. The van der Waals surface area contributed by atoms with Gasteiger partial charge in [0.25, 0.3) is 11.6 Å². The van der Waals surface area contributed by atoms with Gasteiger partial charge in [0.1, 0.15) is 5.69 Å². The van der Waals surface area contributed by atoms with Crippen LogP contribution in [0.1, 0.15) is 42.6 Å². The summed E-state index contributed by atoms with van der Waals surface area (Å²) in [6.07, 6.45) is 0.987. The lowest BCUT2D eigenvalue weighted by molar-refractivity contribution is -0.384. The Morgan fingerprint density at radius 3 is 2.48 bits per heavy atom. The van der Waals surface area contributed by atoms with Gasteiger partial charge in [-0.3, -0.25) is 14.9 Å². The standard InChI is InChI=1S/C14H21N3O4/c1-4-14(19,5-2)8-16-13(18)10-6-9(3)7-11(12(10)15)17(20)21/h6-7,19H,4-5,8,15H2,1-3H3,(H,16,18). The van der Waals surface area contributed by atoms with Crippen molar-refractivity contribution >= 4 is 17.3 Å². The van der Waals surface area contributed by atoms with Crippen molar-refractivity contribution in [2.75, 3.05) is 12.3 Å². The fourth-order valence-corrected chi connectivity index (χ4v) is 1.96. The molecule has 7 heteroatoms. The van der Waals surface area contributed by atoms with Gasteiger partial charge in [0.15, 0.2) is 0 Å². The maximum atomic E-state index is 12.1. The van der Waals surface area contributed by atoms with Gasteiger partial charge in [0, 0.05) is 12.6 Å². The molecule has 1 aromatic rings. The third kappa shape index (κ3) is 3.91. The van der Waals surface area contributed by atoms with Crippen molar-refractivity contribution in [2.45, 2.75) is 39.2 Å². The Morgan fingerprint density at radius 1 is 1.43 bits per heavy atom. The topological polar surface area (TPSA) is 118 Å². The van der Waals surface area contributed by atoms with E-state index in [9.17, 15) is 20.0 Å². The molecule has 0 bridgehead atoms. The monoisotopic (exact) mass is 295 g/mol. The quantitative estimate of drug-likeness (QED) is 0.420. The molecule has 1 aromatic carbocycles. The fraction of sp³-hybridized carbons (Fsp3) is 0.500. The number of nitro groups is 1. The molecule has 0 heterocycles. The SMILES string of the molecule is CCC(O)(CC)CNC(=O)c1cc(C)cc([N+](=O)[O-])c1N. The first-order chi connectivity index (χ1) is 9.74. The van der Waals surface area contributed by atoms with E-state index >= 15 is 0 Å². The summed E-state index contributed by atoms with van der Waals surface area (Å²) < 4.78 is 0. The van der Waals surface area contributed by atoms with Crippen molar-refractivity contribution in [3.63, 3.8) is 0 Å². The first-order valence-corrected chi connectivity index (χ1v) is 6.79. The van der Waals surface area contributed by atoms with Crippen LogP contribution in [0.25, 0.3) is 0 Å². The molecule has 4 N–H and O–H groups in total. The van der Waals surface area contributed by atoms with Crippen molar-refractivity contribution in [1.29, 1.82) is 0 Å². The molecule has 0 saturated heterocycles. The van der Waals surface area contributed by atoms with Gasteiger partial charge in [0.2, 0.25) is 0 Å². The highest BCUT2D eigenvalue weighted by atomic mass is 16.6. The van der Waals surface area contributed by atoms with Crippen molar-refractivity contribution in [2.24, 2.45) is 0 Å². The number of nitrogens with two attached hydrogens (primary N) is 1. The summed E-state index contributed by atoms with van der Waals surface area (Å²) in [7, 11) is 0. The normalized spacial score (nSPS) is 11.2. The number of anilines is 1. The second kappa shape index (κ2) is 6.53. The summed E-state index contributed by atoms with van der Waals surface area (Å²) in [6.45, 7) is 5.36. The van der Waals surface area contributed by atoms with Gasteiger partial charge in [-0.25, -0.2) is 0 Å². The highest BCUT2D eigenvalue weighted by Gasteiger charge is 2.25. The number of carbonyl (C=O) groups excluding carboxylic acids is 1. The van der Waals surface area contributed by atoms with Crippen molar-refractivity contribution < 1.29 is 14.8 Å². The number of nitrogen functional groups attached to an aromatic ring is 1. The minimum atomic E-state index is -0.986. The predicted octanol–water partition coefficient (Wildman–Crippen LogP) is 1.77. The maximum Gasteiger partial charge on any atom is 0.293 e. The van der Waals surface area contributed by atoms with Crippen molar-refractivity contribution in [3.05, 3.63) is 33.4 Å². The molecule has 21 heavy (non-hydrogen) atoms. The lowest BCUT2D eigenvalue weighted by Crippen LogP contribution is -2.42. The highest BCUT2D eigenvalue weighted by Crippen LogP contribution is 2.27. The highest BCUT2D eigenvalue weighted by molar-refractivity contribution is 6.01. The van der Waals surface area contributed by atoms with Gasteiger partial charge >= 0.3 is 0 Å². The van der Waals surface area contributed by atoms with Crippen molar-refractivity contribution in [3.8, 4) is 0 Å². The first-order valence-electron chi connectivity index (χ1n) is 6.79. The van der Waals surface area contributed by atoms with E-state index in [2.05, 4.69) is 5.32 Å². The van der Waals surface area contributed by atoms with Crippen LogP contribution >= 0.6 is 0 Å². The Bertz CT molecular complexity index is 553. The molecular formula is C14H21N3O4. The van der Waals surface area contributed by atoms with Gasteiger partial charge < -0.3 is 16.2 Å². The lowest BCUT2D eigenvalue weighted by Gasteiger charge is -2.25. The smallest absolute Gasteiger partial charge is 0.293 e. The third-order valence-corrected chi connectivity index (χ3v) is 3.64. The molecule has 0 saturated carbocycles. The number of aliphatic hydroxyl groups is 1. The van der Waals surface area contributed by atoms with E-state index in [1.165, 1.54) is 12.1 Å². The summed E-state index contributed by atoms with van der Waals surface area (Å²) in [4.78, 5) is 22.4. The molecule has 7 nitrogen and oxygen atoms in total. The van der Waals surface area contributed by atoms with Crippen LogP contribution in [0.3, 0.4) is 0 Å². The van der Waals surface area contributed by atoms with Gasteiger partial charge in [-0.2, -0.15) is 0 Å². The molecule has 0 atom stereocenters. The second-order valence-corrected chi connectivity index (χ2v) is 5.12. The molecule has 0 aliphatic rings. The van der Waals surface area contributed by atoms with E-state index in [-0.39, 0.29) is 23.5 Å². The van der Waals surface area contributed by atoms with Crippen LogP contribution in [-0.2, 0) is 0 Å². The van der Waals surface area contributed by atoms with Gasteiger partial charge in [-0.1, -0.05) is 13.8 Å². The zero-order valence-corrected chi connectivity index (χ0v) is 12.5.